The number of ether oxygens (including phenoxy) is 2. The van der Waals surface area contributed by atoms with E-state index in [-0.39, 0.29) is 5.60 Å². The molecule has 0 atom stereocenters. The van der Waals surface area contributed by atoms with Gasteiger partial charge in [-0.15, -0.1) is 0 Å². The normalized spacial score (nSPS) is 21.3. The van der Waals surface area contributed by atoms with Crippen LogP contribution in [-0.2, 0) is 6.42 Å². The Kier molecular flexibility index (Phi) is 3.85. The number of nitrogens with one attached hydrogen (secondary N) is 1. The summed E-state index contributed by atoms with van der Waals surface area (Å²) in [6.07, 6.45) is 0.956. The van der Waals surface area contributed by atoms with Crippen molar-refractivity contribution in [1.29, 1.82) is 0 Å². The third-order valence-corrected chi connectivity index (χ3v) is 3.93. The van der Waals surface area contributed by atoms with Gasteiger partial charge in [0.2, 0.25) is 0 Å². The van der Waals surface area contributed by atoms with Crippen molar-refractivity contribution in [3.8, 4) is 11.5 Å². The van der Waals surface area contributed by atoms with E-state index in [1.807, 2.05) is 6.07 Å². The molecule has 1 fully saturated rings. The van der Waals surface area contributed by atoms with Gasteiger partial charge in [0.05, 0.1) is 0 Å². The Morgan fingerprint density at radius 1 is 1.30 bits per heavy atom. The van der Waals surface area contributed by atoms with E-state index >= 15 is 0 Å². The predicted molar refractivity (Wildman–Crippen MR) is 79.7 cm³/mol. The highest BCUT2D eigenvalue weighted by Crippen LogP contribution is 2.41. The molecule has 1 N–H and O–H groups in total. The van der Waals surface area contributed by atoms with Crippen LogP contribution < -0.4 is 14.8 Å². The van der Waals surface area contributed by atoms with E-state index in [1.54, 1.807) is 0 Å². The molecule has 110 valence electrons. The average Bonchev–Trinajstić information content (AvgIpc) is 2.75. The first-order valence-corrected chi connectivity index (χ1v) is 7.51. The number of hydrogen-bond acceptors (Lipinski definition) is 4. The summed E-state index contributed by atoms with van der Waals surface area (Å²) >= 11 is 0. The van der Waals surface area contributed by atoms with Gasteiger partial charge in [0.15, 0.2) is 11.5 Å². The predicted octanol–water partition coefficient (Wildman–Crippen LogP) is 1.68. The first-order chi connectivity index (χ1) is 9.64. The van der Waals surface area contributed by atoms with Crippen molar-refractivity contribution in [2.45, 2.75) is 25.9 Å². The smallest absolute Gasteiger partial charge is 0.165 e. The minimum Gasteiger partial charge on any atom is -0.488 e. The van der Waals surface area contributed by atoms with Crippen molar-refractivity contribution in [3.63, 3.8) is 0 Å². The second-order valence-corrected chi connectivity index (χ2v) is 6.22. The zero-order chi connectivity index (χ0) is 14.0. The van der Waals surface area contributed by atoms with Crippen molar-refractivity contribution in [2.24, 2.45) is 0 Å². The average molecular weight is 276 g/mol. The van der Waals surface area contributed by atoms with Crippen molar-refractivity contribution < 1.29 is 9.47 Å². The van der Waals surface area contributed by atoms with Gasteiger partial charge in [0.1, 0.15) is 12.2 Å². The minimum absolute atomic E-state index is 0.111. The van der Waals surface area contributed by atoms with Gasteiger partial charge in [-0.2, -0.15) is 0 Å². The van der Waals surface area contributed by atoms with Gasteiger partial charge in [0.25, 0.3) is 0 Å². The number of nitrogens with zero attached hydrogens (tertiary/aromatic N) is 1. The van der Waals surface area contributed by atoms with Crippen LogP contribution in [-0.4, -0.2) is 49.8 Å². The molecule has 2 aliphatic heterocycles. The number of rotatable bonds is 4. The van der Waals surface area contributed by atoms with E-state index in [4.69, 9.17) is 9.47 Å². The Bertz CT molecular complexity index is 468. The number of hydrogen-bond donors (Lipinski definition) is 1. The zero-order valence-corrected chi connectivity index (χ0v) is 12.4. The minimum atomic E-state index is -0.111. The third kappa shape index (κ3) is 3.07. The van der Waals surface area contributed by atoms with Crippen LogP contribution in [0.3, 0.4) is 0 Å². The van der Waals surface area contributed by atoms with E-state index in [0.717, 1.165) is 57.3 Å². The standard InChI is InChI=1S/C16H24N2O2/c1-16(2)12-13-4-3-5-14(15(13)20-16)19-11-10-18-8-6-17-7-9-18/h3-5,17H,6-12H2,1-2H3. The van der Waals surface area contributed by atoms with Gasteiger partial charge in [-0.25, -0.2) is 0 Å². The molecule has 0 saturated carbocycles. The van der Waals surface area contributed by atoms with Gasteiger partial charge in [-0.1, -0.05) is 12.1 Å². The maximum atomic E-state index is 6.02. The van der Waals surface area contributed by atoms with Crippen molar-refractivity contribution >= 4 is 0 Å². The molecule has 1 aromatic rings. The Hall–Kier alpha value is -1.26. The fourth-order valence-corrected chi connectivity index (χ4v) is 2.92. The quantitative estimate of drug-likeness (QED) is 0.907. The van der Waals surface area contributed by atoms with Gasteiger partial charge >= 0.3 is 0 Å². The molecule has 0 aromatic heterocycles. The molecule has 0 radical (unpaired) electrons. The molecular formula is C16H24N2O2. The van der Waals surface area contributed by atoms with Gasteiger partial charge < -0.3 is 14.8 Å². The highest BCUT2D eigenvalue weighted by Gasteiger charge is 2.32. The lowest BCUT2D eigenvalue weighted by Crippen LogP contribution is -2.44. The van der Waals surface area contributed by atoms with Crippen LogP contribution in [0.1, 0.15) is 19.4 Å². The third-order valence-electron chi connectivity index (χ3n) is 3.93. The molecule has 0 spiro atoms. The first-order valence-electron chi connectivity index (χ1n) is 7.51. The molecule has 1 aromatic carbocycles. The first kappa shape index (κ1) is 13.7. The van der Waals surface area contributed by atoms with E-state index < -0.39 is 0 Å². The summed E-state index contributed by atoms with van der Waals surface area (Å²) < 4.78 is 12.0. The molecule has 1 saturated heterocycles. The van der Waals surface area contributed by atoms with Crippen LogP contribution in [0.5, 0.6) is 11.5 Å². The number of benzene rings is 1. The Balaban J connectivity index is 1.57. The topological polar surface area (TPSA) is 33.7 Å². The second kappa shape index (κ2) is 5.62. The van der Waals surface area contributed by atoms with Crippen LogP contribution in [0.2, 0.25) is 0 Å². The maximum absolute atomic E-state index is 6.02. The summed E-state index contributed by atoms with van der Waals surface area (Å²) in [5, 5.41) is 3.36. The highest BCUT2D eigenvalue weighted by molar-refractivity contribution is 5.50. The monoisotopic (exact) mass is 276 g/mol. The van der Waals surface area contributed by atoms with E-state index in [2.05, 4.69) is 36.2 Å². The van der Waals surface area contributed by atoms with Crippen molar-refractivity contribution in [2.75, 3.05) is 39.3 Å². The van der Waals surface area contributed by atoms with Crippen LogP contribution in [0.15, 0.2) is 18.2 Å². The largest absolute Gasteiger partial charge is 0.488 e. The molecule has 2 heterocycles. The lowest BCUT2D eigenvalue weighted by molar-refractivity contribution is 0.129. The molecule has 0 bridgehead atoms. The summed E-state index contributed by atoms with van der Waals surface area (Å²) in [5.74, 6) is 1.83. The Labute approximate surface area is 121 Å². The van der Waals surface area contributed by atoms with Gasteiger partial charge in [-0.3, -0.25) is 4.90 Å². The Morgan fingerprint density at radius 2 is 2.10 bits per heavy atom. The zero-order valence-electron chi connectivity index (χ0n) is 12.4. The fraction of sp³-hybridized carbons (Fsp3) is 0.625. The number of fused-ring (bicyclic) bond motifs is 1. The molecule has 4 nitrogen and oxygen atoms in total. The molecule has 3 rings (SSSR count). The molecule has 0 aliphatic carbocycles. The molecule has 0 unspecified atom stereocenters. The summed E-state index contributed by atoms with van der Waals surface area (Å²) in [5.41, 5.74) is 1.15. The summed E-state index contributed by atoms with van der Waals surface area (Å²) in [6, 6.07) is 6.20. The van der Waals surface area contributed by atoms with E-state index in [1.165, 1.54) is 5.56 Å². The van der Waals surface area contributed by atoms with Crippen molar-refractivity contribution in [1.82, 2.24) is 10.2 Å². The maximum Gasteiger partial charge on any atom is 0.165 e. The molecule has 2 aliphatic rings. The second-order valence-electron chi connectivity index (χ2n) is 6.22. The van der Waals surface area contributed by atoms with Gasteiger partial charge in [0, 0.05) is 44.7 Å². The SMILES string of the molecule is CC1(C)Cc2cccc(OCCN3CCNCC3)c2O1. The van der Waals surface area contributed by atoms with Gasteiger partial charge in [-0.05, 0) is 19.9 Å². The van der Waals surface area contributed by atoms with E-state index in [9.17, 15) is 0 Å². The molecule has 4 heteroatoms. The molecule has 0 amide bonds. The van der Waals surface area contributed by atoms with Crippen LogP contribution >= 0.6 is 0 Å². The molecule has 20 heavy (non-hydrogen) atoms. The van der Waals surface area contributed by atoms with Crippen LogP contribution in [0.4, 0.5) is 0 Å². The van der Waals surface area contributed by atoms with Crippen molar-refractivity contribution in [3.05, 3.63) is 23.8 Å². The summed E-state index contributed by atoms with van der Waals surface area (Å²) in [7, 11) is 0. The lowest BCUT2D eigenvalue weighted by Gasteiger charge is -2.27. The van der Waals surface area contributed by atoms with Crippen LogP contribution in [0, 0.1) is 0 Å². The van der Waals surface area contributed by atoms with Crippen LogP contribution in [0.25, 0.3) is 0 Å². The number of piperazine rings is 1. The highest BCUT2D eigenvalue weighted by atomic mass is 16.5. The lowest BCUT2D eigenvalue weighted by atomic mass is 10.0. The summed E-state index contributed by atoms with van der Waals surface area (Å²) in [6.45, 7) is 10.3. The fourth-order valence-electron chi connectivity index (χ4n) is 2.92. The number of para-hydroxylation sites is 1. The summed E-state index contributed by atoms with van der Waals surface area (Å²) in [4.78, 5) is 2.43. The Morgan fingerprint density at radius 3 is 2.90 bits per heavy atom. The molecular weight excluding hydrogens is 252 g/mol. The van der Waals surface area contributed by atoms with E-state index in [0.29, 0.717) is 0 Å².